The van der Waals surface area contributed by atoms with Crippen molar-refractivity contribution in [3.05, 3.63) is 69.8 Å². The number of aryl methyl sites for hydroxylation is 2. The Labute approximate surface area is 216 Å². The van der Waals surface area contributed by atoms with E-state index in [4.69, 9.17) is 19.6 Å². The van der Waals surface area contributed by atoms with E-state index in [1.165, 1.54) is 38.5 Å². The number of carbonyl (C=O) groups excluding carboxylic acids is 2. The molecule has 0 aliphatic rings. The van der Waals surface area contributed by atoms with Crippen molar-refractivity contribution in [3.63, 3.8) is 0 Å². The highest BCUT2D eigenvalue weighted by molar-refractivity contribution is 5.91. The number of carbonyl (C=O) groups is 2. The van der Waals surface area contributed by atoms with Crippen LogP contribution in [0, 0.1) is 27.7 Å². The van der Waals surface area contributed by atoms with E-state index in [1.54, 1.807) is 24.3 Å². The van der Waals surface area contributed by atoms with Crippen molar-refractivity contribution in [3.8, 4) is 0 Å². The van der Waals surface area contributed by atoms with Gasteiger partial charge in [0.25, 0.3) is 0 Å². The summed E-state index contributed by atoms with van der Waals surface area (Å²) < 4.78 is 0. The first-order valence-corrected chi connectivity index (χ1v) is 13.2. The molecular weight excluding hydrogens is 456 g/mol. The maximum absolute atomic E-state index is 12.6. The average molecular weight is 499 g/mol. The molecule has 0 radical (unpaired) electrons. The third kappa shape index (κ3) is 9.75. The van der Waals surface area contributed by atoms with Crippen LogP contribution in [0.25, 0.3) is 0 Å². The van der Waals surface area contributed by atoms with Gasteiger partial charge in [0, 0.05) is 6.42 Å². The molecule has 0 N–H and O–H groups in total. The summed E-state index contributed by atoms with van der Waals surface area (Å²) >= 11 is 0. The predicted molar refractivity (Wildman–Crippen MR) is 140 cm³/mol. The Hall–Kier alpha value is -2.70. The molecule has 0 saturated heterocycles. The summed E-state index contributed by atoms with van der Waals surface area (Å²) in [5, 5.41) is 0. The van der Waals surface area contributed by atoms with E-state index in [-0.39, 0.29) is 0 Å². The van der Waals surface area contributed by atoms with Gasteiger partial charge in [-0.25, -0.2) is 9.59 Å². The summed E-state index contributed by atoms with van der Waals surface area (Å²) in [7, 11) is 0. The van der Waals surface area contributed by atoms with Crippen LogP contribution in [0.5, 0.6) is 0 Å². The van der Waals surface area contributed by atoms with Crippen molar-refractivity contribution < 1.29 is 29.1 Å². The molecule has 0 heterocycles. The zero-order chi connectivity index (χ0) is 26.3. The number of rotatable bonds is 16. The summed E-state index contributed by atoms with van der Waals surface area (Å²) in [5.74, 6) is -1.23. The first-order valence-electron chi connectivity index (χ1n) is 13.2. The molecule has 0 saturated carbocycles. The lowest BCUT2D eigenvalue weighted by Crippen LogP contribution is -2.23. The average Bonchev–Trinajstić information content (AvgIpc) is 2.87. The van der Waals surface area contributed by atoms with Crippen LogP contribution in [-0.4, -0.2) is 18.2 Å². The fourth-order valence-corrected chi connectivity index (χ4v) is 3.96. The Bertz CT molecular complexity index is 900. The van der Waals surface area contributed by atoms with Crippen molar-refractivity contribution >= 4 is 11.9 Å². The van der Waals surface area contributed by atoms with Crippen LogP contribution in [0.4, 0.5) is 0 Å². The quantitative estimate of drug-likeness (QED) is 0.101. The van der Waals surface area contributed by atoms with Crippen LogP contribution < -0.4 is 0 Å². The van der Waals surface area contributed by atoms with Crippen molar-refractivity contribution in [2.24, 2.45) is 0 Å². The molecule has 6 heteroatoms. The standard InChI is InChI=1S/C30H42O6/c1-6-7-8-9-10-11-12-13-14-21-28(33-35-29(31)26-19-15-17-22(2)24(26)4)34-36-30(32)27-20-16-18-23(3)25(27)5/h15-20,28H,6-14,21H2,1-5H3. The first-order chi connectivity index (χ1) is 17.3. The van der Waals surface area contributed by atoms with Gasteiger partial charge in [-0.05, 0) is 68.5 Å². The third-order valence-corrected chi connectivity index (χ3v) is 6.65. The van der Waals surface area contributed by atoms with Gasteiger partial charge in [0.05, 0.1) is 11.1 Å². The lowest BCUT2D eigenvalue weighted by molar-refractivity contribution is -0.421. The van der Waals surface area contributed by atoms with Gasteiger partial charge in [-0.1, -0.05) is 82.6 Å². The van der Waals surface area contributed by atoms with E-state index < -0.39 is 18.2 Å². The number of benzene rings is 2. The molecule has 0 fully saturated rings. The summed E-state index contributed by atoms with van der Waals surface area (Å²) in [6.45, 7) is 9.78. The molecule has 198 valence electrons. The molecule has 0 amide bonds. The Kier molecular flexibility index (Phi) is 13.2. The second-order valence-electron chi connectivity index (χ2n) is 9.48. The van der Waals surface area contributed by atoms with Gasteiger partial charge >= 0.3 is 11.9 Å². The molecule has 36 heavy (non-hydrogen) atoms. The van der Waals surface area contributed by atoms with Gasteiger partial charge < -0.3 is 0 Å². The number of hydrogen-bond donors (Lipinski definition) is 0. The molecule has 2 aromatic carbocycles. The third-order valence-electron chi connectivity index (χ3n) is 6.65. The molecule has 0 aliphatic heterocycles. The second-order valence-corrected chi connectivity index (χ2v) is 9.48. The van der Waals surface area contributed by atoms with Gasteiger partial charge in [-0.2, -0.15) is 0 Å². The minimum atomic E-state index is -1.02. The van der Waals surface area contributed by atoms with E-state index in [1.807, 2.05) is 39.8 Å². The van der Waals surface area contributed by atoms with Crippen LogP contribution in [0.15, 0.2) is 36.4 Å². The van der Waals surface area contributed by atoms with E-state index in [2.05, 4.69) is 6.92 Å². The van der Waals surface area contributed by atoms with Gasteiger partial charge in [0.1, 0.15) is 0 Å². The monoisotopic (exact) mass is 498 g/mol. The van der Waals surface area contributed by atoms with Crippen LogP contribution in [0.3, 0.4) is 0 Å². The highest BCUT2D eigenvalue weighted by Gasteiger charge is 2.21. The molecule has 0 bridgehead atoms. The van der Waals surface area contributed by atoms with E-state index in [0.717, 1.165) is 41.5 Å². The van der Waals surface area contributed by atoms with Crippen LogP contribution in [-0.2, 0) is 19.6 Å². The highest BCUT2D eigenvalue weighted by atomic mass is 17.3. The van der Waals surface area contributed by atoms with Crippen LogP contribution in [0.2, 0.25) is 0 Å². The lowest BCUT2D eigenvalue weighted by Gasteiger charge is -2.16. The van der Waals surface area contributed by atoms with Crippen molar-refractivity contribution in [1.82, 2.24) is 0 Å². The van der Waals surface area contributed by atoms with Gasteiger partial charge in [-0.3, -0.25) is 9.78 Å². The Morgan fingerprint density at radius 1 is 0.639 bits per heavy atom. The SMILES string of the molecule is CCCCCCCCCCCC(OOC(=O)c1cccc(C)c1C)OOC(=O)c1cccc(C)c1C. The molecular formula is C30H42O6. The molecule has 0 unspecified atom stereocenters. The molecule has 6 nitrogen and oxygen atoms in total. The molecule has 0 aliphatic carbocycles. The topological polar surface area (TPSA) is 71.1 Å². The first kappa shape index (κ1) is 29.5. The lowest BCUT2D eigenvalue weighted by atomic mass is 10.0. The summed E-state index contributed by atoms with van der Waals surface area (Å²) in [5.41, 5.74) is 4.45. The molecule has 0 spiro atoms. The predicted octanol–water partition coefficient (Wildman–Crippen LogP) is 8.04. The minimum absolute atomic E-state index is 0.421. The van der Waals surface area contributed by atoms with Gasteiger partial charge in [-0.15, -0.1) is 9.78 Å². The maximum atomic E-state index is 12.6. The Morgan fingerprint density at radius 2 is 1.06 bits per heavy atom. The Morgan fingerprint density at radius 3 is 1.50 bits per heavy atom. The fourth-order valence-electron chi connectivity index (χ4n) is 3.96. The largest absolute Gasteiger partial charge is 0.373 e. The van der Waals surface area contributed by atoms with E-state index >= 15 is 0 Å². The highest BCUT2D eigenvalue weighted by Crippen LogP contribution is 2.18. The van der Waals surface area contributed by atoms with E-state index in [0.29, 0.717) is 17.5 Å². The van der Waals surface area contributed by atoms with Gasteiger partial charge in [0.2, 0.25) is 6.29 Å². The normalized spacial score (nSPS) is 11.1. The number of unbranched alkanes of at least 4 members (excludes halogenated alkanes) is 8. The molecule has 0 atom stereocenters. The molecule has 2 aromatic rings. The van der Waals surface area contributed by atoms with Crippen molar-refractivity contribution in [1.29, 1.82) is 0 Å². The second kappa shape index (κ2) is 16.1. The Balaban J connectivity index is 1.89. The zero-order valence-corrected chi connectivity index (χ0v) is 22.6. The molecule has 2 rings (SSSR count). The maximum Gasteiger partial charge on any atom is 0.373 e. The van der Waals surface area contributed by atoms with Crippen LogP contribution in [0.1, 0.15) is 114 Å². The zero-order valence-electron chi connectivity index (χ0n) is 22.6. The fraction of sp³-hybridized carbons (Fsp3) is 0.533. The summed E-state index contributed by atoms with van der Waals surface area (Å²) in [4.78, 5) is 46.0. The molecule has 0 aromatic heterocycles. The van der Waals surface area contributed by atoms with Crippen molar-refractivity contribution in [2.75, 3.05) is 0 Å². The summed E-state index contributed by atoms with van der Waals surface area (Å²) in [6, 6.07) is 10.8. The van der Waals surface area contributed by atoms with Gasteiger partial charge in [0.15, 0.2) is 0 Å². The van der Waals surface area contributed by atoms with E-state index in [9.17, 15) is 9.59 Å². The van der Waals surface area contributed by atoms with Crippen molar-refractivity contribution in [2.45, 2.75) is 105 Å². The number of hydrogen-bond acceptors (Lipinski definition) is 6. The minimum Gasteiger partial charge on any atom is -0.290 e. The summed E-state index contributed by atoms with van der Waals surface area (Å²) in [6.07, 6.45) is 9.90. The smallest absolute Gasteiger partial charge is 0.290 e. The van der Waals surface area contributed by atoms with Crippen LogP contribution >= 0.6 is 0 Å².